The van der Waals surface area contributed by atoms with Gasteiger partial charge in [0.15, 0.2) is 0 Å². The van der Waals surface area contributed by atoms with E-state index in [0.717, 1.165) is 6.07 Å². The number of non-ortho nitro benzene ring substituents is 1. The van der Waals surface area contributed by atoms with Crippen molar-refractivity contribution in [2.45, 2.75) is 6.61 Å². The minimum atomic E-state index is -1.02. The van der Waals surface area contributed by atoms with Gasteiger partial charge in [0.25, 0.3) is 17.5 Å². The molecule has 9 nitrogen and oxygen atoms in total. The molecule has 1 aliphatic rings. The summed E-state index contributed by atoms with van der Waals surface area (Å²) in [5, 5.41) is 14.3. The number of carbonyl (C=O) groups is 3. The Bertz CT molecular complexity index is 1460. The molecule has 12 heteroatoms. The molecule has 1 N–H and O–H groups in total. The van der Waals surface area contributed by atoms with Gasteiger partial charge in [-0.3, -0.25) is 25.0 Å². The molecule has 4 amide bonds. The first kappa shape index (κ1) is 25.2. The Morgan fingerprint density at radius 1 is 0.972 bits per heavy atom. The maximum atomic E-state index is 13.0. The zero-order valence-corrected chi connectivity index (χ0v) is 20.3. The Kier molecular flexibility index (Phi) is 7.25. The van der Waals surface area contributed by atoms with Gasteiger partial charge in [-0.2, -0.15) is 0 Å². The van der Waals surface area contributed by atoms with Crippen LogP contribution in [0.5, 0.6) is 5.75 Å². The molecular formula is C24H14Cl3N3O6. The second kappa shape index (κ2) is 10.4. The van der Waals surface area contributed by atoms with Crippen LogP contribution in [0, 0.1) is 10.1 Å². The molecular weight excluding hydrogens is 533 g/mol. The smallest absolute Gasteiger partial charge is 0.335 e. The van der Waals surface area contributed by atoms with Crippen molar-refractivity contribution in [3.63, 3.8) is 0 Å². The molecule has 0 atom stereocenters. The highest BCUT2D eigenvalue weighted by Gasteiger charge is 2.37. The van der Waals surface area contributed by atoms with Gasteiger partial charge in [-0.15, -0.1) is 0 Å². The highest BCUT2D eigenvalue weighted by atomic mass is 35.5. The summed E-state index contributed by atoms with van der Waals surface area (Å²) in [6, 6.07) is 13.5. The van der Waals surface area contributed by atoms with Crippen LogP contribution in [0.3, 0.4) is 0 Å². The van der Waals surface area contributed by atoms with Gasteiger partial charge < -0.3 is 4.74 Å². The van der Waals surface area contributed by atoms with Crippen LogP contribution >= 0.6 is 34.8 Å². The molecule has 36 heavy (non-hydrogen) atoms. The average Bonchev–Trinajstić information content (AvgIpc) is 2.82. The first-order valence-electron chi connectivity index (χ1n) is 10.2. The molecule has 0 aliphatic carbocycles. The van der Waals surface area contributed by atoms with Crippen molar-refractivity contribution in [3.05, 3.63) is 103 Å². The number of amides is 4. The fraction of sp³-hybridized carbons (Fsp3) is 0.0417. The van der Waals surface area contributed by atoms with Crippen molar-refractivity contribution in [3.8, 4) is 5.75 Å². The lowest BCUT2D eigenvalue weighted by Gasteiger charge is -2.26. The van der Waals surface area contributed by atoms with Crippen molar-refractivity contribution in [2.75, 3.05) is 4.90 Å². The molecule has 0 spiro atoms. The molecule has 0 radical (unpaired) electrons. The molecule has 0 bridgehead atoms. The number of nitrogens with one attached hydrogen (secondary N) is 1. The third kappa shape index (κ3) is 5.33. The quantitative estimate of drug-likeness (QED) is 0.181. The number of barbiturate groups is 1. The second-order valence-corrected chi connectivity index (χ2v) is 8.70. The van der Waals surface area contributed by atoms with E-state index in [1.54, 1.807) is 30.3 Å². The average molecular weight is 547 g/mol. The molecule has 0 saturated carbocycles. The number of nitrogens with zero attached hydrogens (tertiary/aromatic N) is 2. The molecule has 0 aromatic heterocycles. The van der Waals surface area contributed by atoms with Crippen LogP contribution in [0.25, 0.3) is 6.08 Å². The fourth-order valence-corrected chi connectivity index (χ4v) is 4.03. The lowest BCUT2D eigenvalue weighted by atomic mass is 10.1. The summed E-state index contributed by atoms with van der Waals surface area (Å²) in [6.07, 6.45) is 1.25. The number of carbonyl (C=O) groups excluding carboxylic acids is 3. The van der Waals surface area contributed by atoms with Crippen molar-refractivity contribution < 1.29 is 24.0 Å². The number of nitro benzene ring substituents is 1. The number of halogens is 3. The van der Waals surface area contributed by atoms with Crippen LogP contribution in [-0.4, -0.2) is 22.8 Å². The minimum Gasteiger partial charge on any atom is -0.487 e. The van der Waals surface area contributed by atoms with Gasteiger partial charge in [0.2, 0.25) is 0 Å². The fourth-order valence-electron chi connectivity index (χ4n) is 3.32. The lowest BCUT2D eigenvalue weighted by molar-refractivity contribution is -0.384. The number of urea groups is 1. The normalized spacial score (nSPS) is 14.7. The van der Waals surface area contributed by atoms with E-state index in [9.17, 15) is 24.5 Å². The SMILES string of the molecule is O=C1NC(=O)N(c2cccc([N+](=O)[O-])c2)C(=O)/C1=C/c1ccc(OCc2ccc(Cl)cc2Cl)c(Cl)c1. The maximum absolute atomic E-state index is 13.0. The number of imide groups is 2. The summed E-state index contributed by atoms with van der Waals surface area (Å²) in [4.78, 5) is 48.8. The van der Waals surface area contributed by atoms with Gasteiger partial charge in [-0.1, -0.05) is 53.0 Å². The summed E-state index contributed by atoms with van der Waals surface area (Å²) in [6.45, 7) is 0.122. The van der Waals surface area contributed by atoms with Crippen molar-refractivity contribution in [1.29, 1.82) is 0 Å². The van der Waals surface area contributed by atoms with Gasteiger partial charge in [0.05, 0.1) is 15.6 Å². The van der Waals surface area contributed by atoms with Crippen LogP contribution in [0.4, 0.5) is 16.2 Å². The molecule has 0 unspecified atom stereocenters. The van der Waals surface area contributed by atoms with Crippen molar-refractivity contribution in [2.24, 2.45) is 0 Å². The standard InChI is InChI=1S/C24H14Cl3N3O6/c25-15-6-5-14(19(26)10-15)12-36-21-7-4-13(9-20(21)27)8-18-22(31)28-24(33)29(23(18)32)16-2-1-3-17(11-16)30(34)35/h1-11H,12H2,(H,28,31,33)/b18-8+. The molecule has 1 saturated heterocycles. The van der Waals surface area contributed by atoms with Gasteiger partial charge in [-0.25, -0.2) is 9.69 Å². The van der Waals surface area contributed by atoms with E-state index in [1.165, 1.54) is 30.3 Å². The Morgan fingerprint density at radius 2 is 1.75 bits per heavy atom. The van der Waals surface area contributed by atoms with Crippen LogP contribution in [0.2, 0.25) is 15.1 Å². The molecule has 182 valence electrons. The van der Waals surface area contributed by atoms with E-state index in [-0.39, 0.29) is 28.6 Å². The van der Waals surface area contributed by atoms with Crippen LogP contribution in [-0.2, 0) is 16.2 Å². The van der Waals surface area contributed by atoms with Gasteiger partial charge in [0.1, 0.15) is 17.9 Å². The Labute approximate surface area is 219 Å². The first-order valence-corrected chi connectivity index (χ1v) is 11.3. The zero-order valence-electron chi connectivity index (χ0n) is 18.0. The Hall–Kier alpha value is -3.92. The molecule has 1 aliphatic heterocycles. The predicted molar refractivity (Wildman–Crippen MR) is 134 cm³/mol. The van der Waals surface area contributed by atoms with Crippen LogP contribution in [0.1, 0.15) is 11.1 Å². The molecule has 3 aromatic carbocycles. The van der Waals surface area contributed by atoms with E-state index in [2.05, 4.69) is 5.32 Å². The van der Waals surface area contributed by atoms with E-state index in [0.29, 0.717) is 31.8 Å². The topological polar surface area (TPSA) is 119 Å². The summed E-state index contributed by atoms with van der Waals surface area (Å²) in [5.41, 5.74) is 0.326. The van der Waals surface area contributed by atoms with Crippen molar-refractivity contribution >= 4 is 70.1 Å². The summed E-state index contributed by atoms with van der Waals surface area (Å²) in [5.74, 6) is -1.53. The van der Waals surface area contributed by atoms with Gasteiger partial charge in [-0.05, 0) is 42.0 Å². The van der Waals surface area contributed by atoms with E-state index < -0.39 is 22.8 Å². The van der Waals surface area contributed by atoms with Gasteiger partial charge in [0, 0.05) is 27.7 Å². The number of hydrogen-bond acceptors (Lipinski definition) is 6. The molecule has 4 rings (SSSR count). The van der Waals surface area contributed by atoms with Crippen molar-refractivity contribution in [1.82, 2.24) is 5.32 Å². The van der Waals surface area contributed by atoms with E-state index in [4.69, 9.17) is 39.5 Å². The monoisotopic (exact) mass is 545 g/mol. The minimum absolute atomic E-state index is 0.0623. The Morgan fingerprint density at radius 3 is 2.44 bits per heavy atom. The second-order valence-electron chi connectivity index (χ2n) is 7.45. The van der Waals surface area contributed by atoms with E-state index >= 15 is 0 Å². The number of nitro groups is 1. The number of hydrogen-bond donors (Lipinski definition) is 1. The predicted octanol–water partition coefficient (Wildman–Crippen LogP) is 5.80. The maximum Gasteiger partial charge on any atom is 0.335 e. The largest absolute Gasteiger partial charge is 0.487 e. The summed E-state index contributed by atoms with van der Waals surface area (Å²) >= 11 is 18.4. The highest BCUT2D eigenvalue weighted by molar-refractivity contribution is 6.39. The van der Waals surface area contributed by atoms with Gasteiger partial charge >= 0.3 is 6.03 Å². The molecule has 1 heterocycles. The summed E-state index contributed by atoms with van der Waals surface area (Å²) < 4.78 is 5.72. The first-order chi connectivity index (χ1) is 17.1. The van der Waals surface area contributed by atoms with Crippen LogP contribution in [0.15, 0.2) is 66.2 Å². The van der Waals surface area contributed by atoms with E-state index in [1.807, 2.05) is 0 Å². The third-order valence-corrected chi connectivity index (χ3v) is 5.95. The summed E-state index contributed by atoms with van der Waals surface area (Å²) in [7, 11) is 0. The van der Waals surface area contributed by atoms with Crippen LogP contribution < -0.4 is 15.0 Å². The number of ether oxygens (including phenoxy) is 1. The zero-order chi connectivity index (χ0) is 26.0. The lowest BCUT2D eigenvalue weighted by Crippen LogP contribution is -2.54. The number of rotatable bonds is 6. The number of benzene rings is 3. The molecule has 1 fully saturated rings. The Balaban J connectivity index is 1.57. The third-order valence-electron chi connectivity index (χ3n) is 5.07. The highest BCUT2D eigenvalue weighted by Crippen LogP contribution is 2.30. The number of anilines is 1. The molecule has 3 aromatic rings.